The number of rotatable bonds is 4. The Morgan fingerprint density at radius 2 is 1.81 bits per heavy atom. The predicted molar refractivity (Wildman–Crippen MR) is 97.1 cm³/mol. The second kappa shape index (κ2) is 7.10. The van der Waals surface area contributed by atoms with Crippen LogP contribution in [0.15, 0.2) is 61.1 Å². The molecule has 0 unspecified atom stereocenters. The topological polar surface area (TPSA) is 85.4 Å². The van der Waals surface area contributed by atoms with Gasteiger partial charge in [0.15, 0.2) is 11.5 Å². The zero-order valence-electron chi connectivity index (χ0n) is 13.8. The second-order valence-electron chi connectivity index (χ2n) is 5.61. The van der Waals surface area contributed by atoms with Crippen molar-refractivity contribution in [3.05, 3.63) is 66.6 Å². The molecule has 130 valence electrons. The Bertz CT molecular complexity index is 914. The molecule has 1 amide bonds. The van der Waals surface area contributed by atoms with E-state index in [0.29, 0.717) is 24.6 Å². The smallest absolute Gasteiger partial charge is 0.258 e. The van der Waals surface area contributed by atoms with Gasteiger partial charge >= 0.3 is 0 Å². The van der Waals surface area contributed by atoms with Crippen LogP contribution in [-0.2, 0) is 0 Å². The average Bonchev–Trinajstić information content (AvgIpc) is 2.70. The van der Waals surface area contributed by atoms with Crippen molar-refractivity contribution < 1.29 is 14.3 Å². The number of hydrogen-bond acceptors (Lipinski definition) is 6. The molecule has 0 spiro atoms. The Hall–Kier alpha value is -3.61. The monoisotopic (exact) mass is 348 g/mol. The Labute approximate surface area is 150 Å². The summed E-state index contributed by atoms with van der Waals surface area (Å²) in [5.41, 5.74) is 2.14. The molecule has 0 radical (unpaired) electrons. The molecule has 1 aliphatic heterocycles. The number of nitrogens with one attached hydrogen (secondary N) is 2. The number of anilines is 3. The number of benzene rings is 1. The molecule has 0 fully saturated rings. The van der Waals surface area contributed by atoms with Crippen molar-refractivity contribution in [3.63, 3.8) is 0 Å². The molecule has 7 heteroatoms. The summed E-state index contributed by atoms with van der Waals surface area (Å²) in [6, 6.07) is 12.6. The van der Waals surface area contributed by atoms with Gasteiger partial charge in [-0.3, -0.25) is 9.78 Å². The van der Waals surface area contributed by atoms with E-state index in [1.165, 1.54) is 6.20 Å². The molecule has 26 heavy (non-hydrogen) atoms. The van der Waals surface area contributed by atoms with Crippen LogP contribution < -0.4 is 20.1 Å². The van der Waals surface area contributed by atoms with Crippen molar-refractivity contribution in [1.29, 1.82) is 0 Å². The third-order valence-electron chi connectivity index (χ3n) is 3.76. The molecule has 1 aromatic carbocycles. The van der Waals surface area contributed by atoms with Gasteiger partial charge in [-0.05, 0) is 36.4 Å². The molecule has 0 aliphatic carbocycles. The zero-order chi connectivity index (χ0) is 17.8. The molecule has 4 rings (SSSR count). The van der Waals surface area contributed by atoms with E-state index in [1.54, 1.807) is 30.6 Å². The molecule has 0 atom stereocenters. The van der Waals surface area contributed by atoms with Gasteiger partial charge in [-0.15, -0.1) is 0 Å². The minimum absolute atomic E-state index is 0.252. The summed E-state index contributed by atoms with van der Waals surface area (Å²) in [5, 5.41) is 5.98. The van der Waals surface area contributed by atoms with Crippen LogP contribution in [0.4, 0.5) is 17.2 Å². The van der Waals surface area contributed by atoms with Gasteiger partial charge in [-0.25, -0.2) is 4.98 Å². The Kier molecular flexibility index (Phi) is 4.34. The highest BCUT2D eigenvalue weighted by atomic mass is 16.6. The minimum Gasteiger partial charge on any atom is -0.486 e. The minimum atomic E-state index is -0.252. The fraction of sp³-hybridized carbons (Fsp3) is 0.105. The van der Waals surface area contributed by atoms with E-state index in [4.69, 9.17) is 9.47 Å². The molecular weight excluding hydrogens is 332 g/mol. The van der Waals surface area contributed by atoms with Crippen LogP contribution in [0.5, 0.6) is 11.5 Å². The van der Waals surface area contributed by atoms with E-state index in [9.17, 15) is 4.79 Å². The lowest BCUT2D eigenvalue weighted by atomic mass is 10.2. The summed E-state index contributed by atoms with van der Waals surface area (Å²) in [6.45, 7) is 1.11. The number of pyridine rings is 2. The summed E-state index contributed by atoms with van der Waals surface area (Å²) in [7, 11) is 0. The van der Waals surface area contributed by atoms with E-state index >= 15 is 0 Å². The molecule has 3 aromatic rings. The van der Waals surface area contributed by atoms with Gasteiger partial charge in [0.2, 0.25) is 0 Å². The highest BCUT2D eigenvalue weighted by Gasteiger charge is 2.12. The number of aromatic nitrogens is 2. The summed E-state index contributed by atoms with van der Waals surface area (Å²) < 4.78 is 11.1. The van der Waals surface area contributed by atoms with Crippen molar-refractivity contribution in [1.82, 2.24) is 9.97 Å². The third kappa shape index (κ3) is 3.56. The SMILES string of the molecule is O=C(Nc1ccc(Nc2ccc3c(c2)OCCO3)cn1)c1cccnc1. The van der Waals surface area contributed by atoms with Gasteiger partial charge in [0.05, 0.1) is 17.4 Å². The van der Waals surface area contributed by atoms with Crippen LogP contribution >= 0.6 is 0 Å². The van der Waals surface area contributed by atoms with Crippen LogP contribution in [0.1, 0.15) is 10.4 Å². The number of amides is 1. The molecule has 2 aromatic heterocycles. The summed E-state index contributed by atoms with van der Waals surface area (Å²) in [6.07, 6.45) is 4.77. The number of fused-ring (bicyclic) bond motifs is 1. The zero-order valence-corrected chi connectivity index (χ0v) is 13.8. The van der Waals surface area contributed by atoms with E-state index < -0.39 is 0 Å². The van der Waals surface area contributed by atoms with Gasteiger partial charge in [0.25, 0.3) is 5.91 Å². The average molecular weight is 348 g/mol. The lowest BCUT2D eigenvalue weighted by Gasteiger charge is -2.19. The normalized spacial score (nSPS) is 12.3. The maximum atomic E-state index is 12.1. The highest BCUT2D eigenvalue weighted by molar-refractivity contribution is 6.03. The first-order valence-corrected chi connectivity index (χ1v) is 8.12. The summed E-state index contributed by atoms with van der Waals surface area (Å²) in [4.78, 5) is 20.3. The fourth-order valence-electron chi connectivity index (χ4n) is 2.52. The molecule has 0 bridgehead atoms. The maximum Gasteiger partial charge on any atom is 0.258 e. The number of hydrogen-bond donors (Lipinski definition) is 2. The Morgan fingerprint density at radius 1 is 0.962 bits per heavy atom. The molecule has 0 saturated heterocycles. The molecular formula is C19H16N4O3. The maximum absolute atomic E-state index is 12.1. The van der Waals surface area contributed by atoms with Crippen molar-refractivity contribution in [2.24, 2.45) is 0 Å². The Morgan fingerprint density at radius 3 is 2.58 bits per heavy atom. The lowest BCUT2D eigenvalue weighted by molar-refractivity contribution is 0.102. The van der Waals surface area contributed by atoms with Crippen LogP contribution in [0.2, 0.25) is 0 Å². The second-order valence-corrected chi connectivity index (χ2v) is 5.61. The van der Waals surface area contributed by atoms with Crippen LogP contribution in [0.3, 0.4) is 0 Å². The standard InChI is InChI=1S/C19H16N4O3/c24-19(13-2-1-7-20-11-13)23-18-6-4-15(12-21-18)22-14-3-5-16-17(10-14)26-9-8-25-16/h1-7,10-12,22H,8-9H2,(H,21,23,24). The Balaban J connectivity index is 1.42. The number of carbonyl (C=O) groups is 1. The van der Waals surface area contributed by atoms with E-state index in [1.807, 2.05) is 24.3 Å². The van der Waals surface area contributed by atoms with E-state index in [0.717, 1.165) is 22.9 Å². The summed E-state index contributed by atoms with van der Waals surface area (Å²) in [5.74, 6) is 1.67. The molecule has 2 N–H and O–H groups in total. The molecule has 7 nitrogen and oxygen atoms in total. The van der Waals surface area contributed by atoms with Crippen LogP contribution in [0.25, 0.3) is 0 Å². The lowest BCUT2D eigenvalue weighted by Crippen LogP contribution is -2.15. The third-order valence-corrected chi connectivity index (χ3v) is 3.76. The van der Waals surface area contributed by atoms with Gasteiger partial charge in [0.1, 0.15) is 19.0 Å². The van der Waals surface area contributed by atoms with Crippen molar-refractivity contribution >= 4 is 23.1 Å². The quantitative estimate of drug-likeness (QED) is 0.753. The molecule has 1 aliphatic rings. The van der Waals surface area contributed by atoms with Gasteiger partial charge in [-0.1, -0.05) is 0 Å². The number of ether oxygens (including phenoxy) is 2. The van der Waals surface area contributed by atoms with Gasteiger partial charge in [-0.2, -0.15) is 0 Å². The van der Waals surface area contributed by atoms with E-state index in [2.05, 4.69) is 20.6 Å². The van der Waals surface area contributed by atoms with Crippen LogP contribution in [0, 0.1) is 0 Å². The molecule has 3 heterocycles. The fourth-order valence-corrected chi connectivity index (χ4v) is 2.52. The largest absolute Gasteiger partial charge is 0.486 e. The van der Waals surface area contributed by atoms with Crippen molar-refractivity contribution in [2.75, 3.05) is 23.8 Å². The van der Waals surface area contributed by atoms with Gasteiger partial charge in [0, 0.05) is 24.1 Å². The van der Waals surface area contributed by atoms with Crippen LogP contribution in [-0.4, -0.2) is 29.1 Å². The molecule has 0 saturated carbocycles. The van der Waals surface area contributed by atoms with Gasteiger partial charge < -0.3 is 20.1 Å². The number of nitrogens with zero attached hydrogens (tertiary/aromatic N) is 2. The summed E-state index contributed by atoms with van der Waals surface area (Å²) >= 11 is 0. The first-order chi connectivity index (χ1) is 12.8. The van der Waals surface area contributed by atoms with Crippen molar-refractivity contribution in [2.45, 2.75) is 0 Å². The number of carbonyl (C=O) groups excluding carboxylic acids is 1. The van der Waals surface area contributed by atoms with E-state index in [-0.39, 0.29) is 5.91 Å². The highest BCUT2D eigenvalue weighted by Crippen LogP contribution is 2.33. The first-order valence-electron chi connectivity index (χ1n) is 8.12. The van der Waals surface area contributed by atoms with Crippen molar-refractivity contribution in [3.8, 4) is 11.5 Å². The first kappa shape index (κ1) is 15.9. The predicted octanol–water partition coefficient (Wildman–Crippen LogP) is 3.24.